The van der Waals surface area contributed by atoms with Crippen molar-refractivity contribution in [3.63, 3.8) is 0 Å². The molecule has 0 atom stereocenters. The number of carbonyl (C=O) groups excluding carboxylic acids is 2. The van der Waals surface area contributed by atoms with Crippen molar-refractivity contribution in [1.29, 1.82) is 0 Å². The van der Waals surface area contributed by atoms with Crippen LogP contribution in [0.4, 0.5) is 17.1 Å². The molecule has 0 spiro atoms. The molecule has 28 heavy (non-hydrogen) atoms. The number of hydrogen-bond donors (Lipinski definition) is 2. The van der Waals surface area contributed by atoms with Crippen LogP contribution in [-0.2, 0) is 0 Å². The van der Waals surface area contributed by atoms with E-state index in [0.29, 0.717) is 27.5 Å². The Hall–Kier alpha value is -3.71. The van der Waals surface area contributed by atoms with E-state index in [0.717, 1.165) is 0 Å². The summed E-state index contributed by atoms with van der Waals surface area (Å²) in [7, 11) is 0. The van der Waals surface area contributed by atoms with Crippen LogP contribution in [-0.4, -0.2) is 16.7 Å². The van der Waals surface area contributed by atoms with Crippen LogP contribution < -0.4 is 10.6 Å². The first-order chi connectivity index (χ1) is 13.4. The zero-order valence-electron chi connectivity index (χ0n) is 14.4. The molecule has 3 aromatic carbocycles. The van der Waals surface area contributed by atoms with Crippen molar-refractivity contribution in [2.45, 2.75) is 0 Å². The van der Waals surface area contributed by atoms with Gasteiger partial charge in [-0.05, 0) is 42.5 Å². The van der Waals surface area contributed by atoms with E-state index in [1.54, 1.807) is 42.5 Å². The molecular formula is C20H14ClN3O4. The predicted molar refractivity (Wildman–Crippen MR) is 107 cm³/mol. The highest BCUT2D eigenvalue weighted by atomic mass is 35.5. The summed E-state index contributed by atoms with van der Waals surface area (Å²) in [4.78, 5) is 34.8. The van der Waals surface area contributed by atoms with Crippen LogP contribution in [0.1, 0.15) is 20.7 Å². The molecule has 0 aromatic heterocycles. The lowest BCUT2D eigenvalue weighted by molar-refractivity contribution is -0.384. The second-order valence-electron chi connectivity index (χ2n) is 5.77. The summed E-state index contributed by atoms with van der Waals surface area (Å²) >= 11 is 6.00. The number of amides is 2. The van der Waals surface area contributed by atoms with Crippen LogP contribution in [0.15, 0.2) is 72.8 Å². The summed E-state index contributed by atoms with van der Waals surface area (Å²) in [6, 6.07) is 18.6. The molecule has 8 heteroatoms. The molecule has 0 aliphatic rings. The number of carbonyl (C=O) groups is 2. The molecule has 2 amide bonds. The lowest BCUT2D eigenvalue weighted by atomic mass is 10.1. The summed E-state index contributed by atoms with van der Waals surface area (Å²) in [6.45, 7) is 0. The number of nitro groups is 1. The average Bonchev–Trinajstić information content (AvgIpc) is 2.69. The Bertz CT molecular complexity index is 1050. The van der Waals surface area contributed by atoms with Gasteiger partial charge in [0.1, 0.15) is 0 Å². The van der Waals surface area contributed by atoms with E-state index in [4.69, 9.17) is 11.6 Å². The van der Waals surface area contributed by atoms with Gasteiger partial charge in [-0.2, -0.15) is 0 Å². The minimum Gasteiger partial charge on any atom is -0.322 e. The monoisotopic (exact) mass is 395 g/mol. The highest BCUT2D eigenvalue weighted by molar-refractivity contribution is 6.34. The van der Waals surface area contributed by atoms with Crippen LogP contribution >= 0.6 is 11.6 Å². The highest BCUT2D eigenvalue weighted by Gasteiger charge is 2.12. The van der Waals surface area contributed by atoms with Crippen LogP contribution in [0.25, 0.3) is 0 Å². The molecule has 0 bridgehead atoms. The number of rotatable bonds is 5. The quantitative estimate of drug-likeness (QED) is 0.480. The van der Waals surface area contributed by atoms with Crippen molar-refractivity contribution in [3.8, 4) is 0 Å². The summed E-state index contributed by atoms with van der Waals surface area (Å²) < 4.78 is 0. The minimum atomic E-state index is -0.536. The number of benzene rings is 3. The van der Waals surface area contributed by atoms with Gasteiger partial charge in [0.15, 0.2) is 0 Å². The molecular weight excluding hydrogens is 382 g/mol. The fourth-order valence-electron chi connectivity index (χ4n) is 2.45. The predicted octanol–water partition coefficient (Wildman–Crippen LogP) is 4.75. The van der Waals surface area contributed by atoms with Crippen molar-refractivity contribution in [2.75, 3.05) is 10.6 Å². The van der Waals surface area contributed by atoms with Crippen LogP contribution in [0.5, 0.6) is 0 Å². The van der Waals surface area contributed by atoms with Crippen LogP contribution in [0, 0.1) is 10.1 Å². The Morgan fingerprint density at radius 3 is 2.18 bits per heavy atom. The smallest absolute Gasteiger partial charge is 0.271 e. The number of nitro benzene ring substituents is 1. The average molecular weight is 396 g/mol. The highest BCUT2D eigenvalue weighted by Crippen LogP contribution is 2.20. The van der Waals surface area contributed by atoms with Gasteiger partial charge in [0.2, 0.25) is 0 Å². The first kappa shape index (κ1) is 19.1. The molecule has 0 unspecified atom stereocenters. The fraction of sp³-hybridized carbons (Fsp3) is 0. The summed E-state index contributed by atoms with van der Waals surface area (Å²) in [5.41, 5.74) is 1.38. The number of anilines is 2. The van der Waals surface area contributed by atoms with Gasteiger partial charge in [0.05, 0.1) is 15.5 Å². The normalized spacial score (nSPS) is 10.2. The molecule has 2 N–H and O–H groups in total. The Balaban J connectivity index is 1.68. The van der Waals surface area contributed by atoms with Crippen molar-refractivity contribution < 1.29 is 14.5 Å². The maximum absolute atomic E-state index is 12.3. The molecule has 0 saturated heterocycles. The molecule has 140 valence electrons. The topological polar surface area (TPSA) is 101 Å². The van der Waals surface area contributed by atoms with Crippen LogP contribution in [0.3, 0.4) is 0 Å². The first-order valence-corrected chi connectivity index (χ1v) is 8.53. The van der Waals surface area contributed by atoms with Gasteiger partial charge in [0.25, 0.3) is 17.5 Å². The fourth-order valence-corrected chi connectivity index (χ4v) is 2.67. The molecule has 3 aromatic rings. The molecule has 0 heterocycles. The maximum Gasteiger partial charge on any atom is 0.271 e. The minimum absolute atomic E-state index is 0.115. The number of hydrogen-bond acceptors (Lipinski definition) is 4. The SMILES string of the molecule is O=C(Nc1cccc([N+](=O)[O-])c1)c1ccc(NC(=O)c2ccccc2Cl)cc1. The molecule has 0 saturated carbocycles. The summed E-state index contributed by atoms with van der Waals surface area (Å²) in [5.74, 6) is -0.788. The van der Waals surface area contributed by atoms with Crippen molar-refractivity contribution >= 4 is 40.5 Å². The third-order valence-electron chi connectivity index (χ3n) is 3.84. The van der Waals surface area contributed by atoms with E-state index in [-0.39, 0.29) is 11.6 Å². The van der Waals surface area contributed by atoms with Crippen molar-refractivity contribution in [1.82, 2.24) is 0 Å². The van der Waals surface area contributed by atoms with Gasteiger partial charge >= 0.3 is 0 Å². The third kappa shape index (κ3) is 4.52. The number of nitrogens with zero attached hydrogens (tertiary/aromatic N) is 1. The Morgan fingerprint density at radius 2 is 1.50 bits per heavy atom. The number of halogens is 1. The van der Waals surface area contributed by atoms with Gasteiger partial charge < -0.3 is 10.6 Å². The van der Waals surface area contributed by atoms with E-state index in [9.17, 15) is 19.7 Å². The van der Waals surface area contributed by atoms with E-state index >= 15 is 0 Å². The largest absolute Gasteiger partial charge is 0.322 e. The molecule has 0 aliphatic heterocycles. The third-order valence-corrected chi connectivity index (χ3v) is 4.17. The van der Waals surface area contributed by atoms with E-state index in [1.807, 2.05) is 0 Å². The van der Waals surface area contributed by atoms with E-state index < -0.39 is 10.8 Å². The van der Waals surface area contributed by atoms with E-state index in [1.165, 1.54) is 30.3 Å². The zero-order chi connectivity index (χ0) is 20.1. The second kappa shape index (κ2) is 8.32. The molecule has 0 aliphatic carbocycles. The van der Waals surface area contributed by atoms with Gasteiger partial charge in [-0.1, -0.05) is 29.8 Å². The van der Waals surface area contributed by atoms with Gasteiger partial charge in [-0.25, -0.2) is 0 Å². The maximum atomic E-state index is 12.3. The Kier molecular flexibility index (Phi) is 5.67. The van der Waals surface area contributed by atoms with Crippen LogP contribution in [0.2, 0.25) is 5.02 Å². The Labute approximate surface area is 165 Å². The summed E-state index contributed by atoms with van der Waals surface area (Å²) in [5, 5.41) is 16.5. The zero-order valence-corrected chi connectivity index (χ0v) is 15.1. The molecule has 0 fully saturated rings. The number of nitrogens with one attached hydrogen (secondary N) is 2. The number of non-ortho nitro benzene ring substituents is 1. The summed E-state index contributed by atoms with van der Waals surface area (Å²) in [6.07, 6.45) is 0. The molecule has 7 nitrogen and oxygen atoms in total. The van der Waals surface area contributed by atoms with Gasteiger partial charge in [-0.15, -0.1) is 0 Å². The lowest BCUT2D eigenvalue weighted by Crippen LogP contribution is -2.14. The lowest BCUT2D eigenvalue weighted by Gasteiger charge is -2.08. The molecule has 0 radical (unpaired) electrons. The van der Waals surface area contributed by atoms with Gasteiger partial charge in [-0.3, -0.25) is 19.7 Å². The first-order valence-electron chi connectivity index (χ1n) is 8.16. The molecule has 3 rings (SSSR count). The van der Waals surface area contributed by atoms with E-state index in [2.05, 4.69) is 10.6 Å². The standard InChI is InChI=1S/C20H14ClN3O4/c21-18-7-2-1-6-17(18)20(26)22-14-10-8-13(9-11-14)19(25)23-15-4-3-5-16(12-15)24(27)28/h1-12H,(H,22,26)(H,23,25). The Morgan fingerprint density at radius 1 is 0.821 bits per heavy atom. The van der Waals surface area contributed by atoms with Gasteiger partial charge in [0, 0.05) is 29.1 Å². The van der Waals surface area contributed by atoms with Crippen molar-refractivity contribution in [3.05, 3.63) is 99.1 Å². The second-order valence-corrected chi connectivity index (χ2v) is 6.18. The van der Waals surface area contributed by atoms with Crippen molar-refractivity contribution in [2.24, 2.45) is 0 Å².